The van der Waals surface area contributed by atoms with Gasteiger partial charge in [0, 0.05) is 13.0 Å². The lowest BCUT2D eigenvalue weighted by molar-refractivity contribution is -0.135. The minimum Gasteiger partial charge on any atom is -0.345 e. The fourth-order valence-corrected chi connectivity index (χ4v) is 1.42. The maximum Gasteiger partial charge on any atom is 0.245 e. The van der Waals surface area contributed by atoms with E-state index in [9.17, 15) is 14.4 Å². The van der Waals surface area contributed by atoms with E-state index in [0.29, 0.717) is 6.54 Å². The lowest BCUT2D eigenvalue weighted by Crippen LogP contribution is -2.44. The van der Waals surface area contributed by atoms with Gasteiger partial charge in [0.2, 0.25) is 11.8 Å². The maximum absolute atomic E-state index is 11.6. The van der Waals surface area contributed by atoms with Gasteiger partial charge in [-0.1, -0.05) is 0 Å². The second kappa shape index (κ2) is 4.21. The first-order valence-corrected chi connectivity index (χ1v) is 4.58. The molecule has 2 amide bonds. The highest BCUT2D eigenvalue weighted by molar-refractivity contribution is 5.92. The summed E-state index contributed by atoms with van der Waals surface area (Å²) in [4.78, 5) is 35.0. The fourth-order valence-electron chi connectivity index (χ4n) is 1.42. The summed E-state index contributed by atoms with van der Waals surface area (Å²) in [5.74, 6) is -0.400. The smallest absolute Gasteiger partial charge is 0.245 e. The van der Waals surface area contributed by atoms with Crippen LogP contribution in [0.4, 0.5) is 0 Å². The Balaban J connectivity index is 2.70. The van der Waals surface area contributed by atoms with E-state index in [-0.39, 0.29) is 30.6 Å². The molecule has 14 heavy (non-hydrogen) atoms. The van der Waals surface area contributed by atoms with Gasteiger partial charge in [-0.2, -0.15) is 0 Å². The van der Waals surface area contributed by atoms with Crippen LogP contribution in [0.1, 0.15) is 20.3 Å². The number of carbonyl (C=O) groups is 3. The van der Waals surface area contributed by atoms with Crippen molar-refractivity contribution in [3.05, 3.63) is 0 Å². The molecule has 1 unspecified atom stereocenters. The minimum absolute atomic E-state index is 0.0695. The molecule has 0 aliphatic carbocycles. The first kappa shape index (κ1) is 10.7. The number of nitrogens with one attached hydrogen (secondary N) is 1. The van der Waals surface area contributed by atoms with E-state index < -0.39 is 6.04 Å². The molecule has 1 saturated heterocycles. The Kier molecular flexibility index (Phi) is 3.22. The van der Waals surface area contributed by atoms with Crippen molar-refractivity contribution in [2.75, 3.05) is 13.1 Å². The molecule has 0 aromatic heterocycles. The van der Waals surface area contributed by atoms with Crippen LogP contribution in [0.15, 0.2) is 0 Å². The Morgan fingerprint density at radius 2 is 2.21 bits per heavy atom. The molecule has 1 aliphatic rings. The van der Waals surface area contributed by atoms with Crippen molar-refractivity contribution >= 4 is 17.6 Å². The van der Waals surface area contributed by atoms with E-state index in [0.717, 1.165) is 0 Å². The number of Topliss-reactive ketones (excluding diaryl/α,β-unsaturated/α-hetero) is 1. The first-order valence-electron chi connectivity index (χ1n) is 4.58. The van der Waals surface area contributed by atoms with Crippen molar-refractivity contribution in [1.29, 1.82) is 0 Å². The molecule has 0 radical (unpaired) electrons. The van der Waals surface area contributed by atoms with Gasteiger partial charge in [-0.05, 0) is 13.8 Å². The molecular weight excluding hydrogens is 184 g/mol. The summed E-state index contributed by atoms with van der Waals surface area (Å²) < 4.78 is 0. The molecule has 5 nitrogen and oxygen atoms in total. The highest BCUT2D eigenvalue weighted by atomic mass is 16.2. The topological polar surface area (TPSA) is 66.5 Å². The average molecular weight is 198 g/mol. The van der Waals surface area contributed by atoms with Crippen molar-refractivity contribution < 1.29 is 14.4 Å². The summed E-state index contributed by atoms with van der Waals surface area (Å²) >= 11 is 0. The summed E-state index contributed by atoms with van der Waals surface area (Å²) in [6.45, 7) is 3.48. The van der Waals surface area contributed by atoms with E-state index in [4.69, 9.17) is 0 Å². The second-order valence-corrected chi connectivity index (χ2v) is 3.50. The van der Waals surface area contributed by atoms with Gasteiger partial charge < -0.3 is 10.2 Å². The largest absolute Gasteiger partial charge is 0.345 e. The molecule has 0 aromatic carbocycles. The third-order valence-electron chi connectivity index (χ3n) is 2.08. The van der Waals surface area contributed by atoms with Crippen LogP contribution in [0.25, 0.3) is 0 Å². The van der Waals surface area contributed by atoms with Crippen LogP contribution in [0.2, 0.25) is 0 Å². The Bertz CT molecular complexity index is 275. The zero-order chi connectivity index (χ0) is 10.7. The van der Waals surface area contributed by atoms with Crippen molar-refractivity contribution in [1.82, 2.24) is 10.2 Å². The van der Waals surface area contributed by atoms with Gasteiger partial charge in [-0.25, -0.2) is 0 Å². The van der Waals surface area contributed by atoms with Crippen molar-refractivity contribution in [3.8, 4) is 0 Å². The van der Waals surface area contributed by atoms with E-state index in [1.165, 1.54) is 11.8 Å². The summed E-state index contributed by atoms with van der Waals surface area (Å²) in [7, 11) is 0. The van der Waals surface area contributed by atoms with E-state index >= 15 is 0 Å². The van der Waals surface area contributed by atoms with Gasteiger partial charge in [0.1, 0.15) is 11.8 Å². The molecule has 0 spiro atoms. The standard InChI is InChI=1S/C9H14N2O3/c1-6(12)5-11-4-3-8(13)10-7(2)9(11)14/h7H,3-5H2,1-2H3,(H,10,13). The predicted octanol–water partition coefficient (Wildman–Crippen LogP) is -0.688. The van der Waals surface area contributed by atoms with E-state index in [1.54, 1.807) is 6.92 Å². The second-order valence-electron chi connectivity index (χ2n) is 3.50. The van der Waals surface area contributed by atoms with Gasteiger partial charge in [-0.15, -0.1) is 0 Å². The van der Waals surface area contributed by atoms with Crippen LogP contribution < -0.4 is 5.32 Å². The molecule has 0 bridgehead atoms. The lowest BCUT2D eigenvalue weighted by atomic mass is 10.3. The van der Waals surface area contributed by atoms with E-state index in [1.807, 2.05) is 0 Å². The third-order valence-corrected chi connectivity index (χ3v) is 2.08. The molecule has 1 fully saturated rings. The van der Waals surface area contributed by atoms with Gasteiger partial charge in [0.05, 0.1) is 6.54 Å². The molecule has 5 heteroatoms. The van der Waals surface area contributed by atoms with Crippen LogP contribution >= 0.6 is 0 Å². The number of hydrogen-bond acceptors (Lipinski definition) is 3. The Hall–Kier alpha value is -1.39. The fraction of sp³-hybridized carbons (Fsp3) is 0.667. The Morgan fingerprint density at radius 1 is 1.57 bits per heavy atom. The zero-order valence-electron chi connectivity index (χ0n) is 8.37. The van der Waals surface area contributed by atoms with Crippen molar-refractivity contribution in [3.63, 3.8) is 0 Å². The normalized spacial score (nSPS) is 23.0. The number of amides is 2. The molecule has 1 aliphatic heterocycles. The Morgan fingerprint density at radius 3 is 2.79 bits per heavy atom. The molecule has 0 aromatic rings. The zero-order valence-corrected chi connectivity index (χ0v) is 8.37. The van der Waals surface area contributed by atoms with Crippen molar-refractivity contribution in [2.24, 2.45) is 0 Å². The van der Waals surface area contributed by atoms with Gasteiger partial charge >= 0.3 is 0 Å². The highest BCUT2D eigenvalue weighted by Gasteiger charge is 2.26. The van der Waals surface area contributed by atoms with Crippen LogP contribution in [-0.2, 0) is 14.4 Å². The van der Waals surface area contributed by atoms with Crippen molar-refractivity contribution in [2.45, 2.75) is 26.3 Å². The third kappa shape index (κ3) is 2.55. The number of nitrogens with zero attached hydrogens (tertiary/aromatic N) is 1. The molecule has 78 valence electrons. The molecule has 1 heterocycles. The van der Waals surface area contributed by atoms with Crippen LogP contribution in [0.3, 0.4) is 0 Å². The van der Waals surface area contributed by atoms with Gasteiger partial charge in [0.25, 0.3) is 0 Å². The average Bonchev–Trinajstić information content (AvgIpc) is 2.18. The van der Waals surface area contributed by atoms with Crippen LogP contribution in [-0.4, -0.2) is 41.6 Å². The number of ketones is 1. The van der Waals surface area contributed by atoms with Gasteiger partial charge in [-0.3, -0.25) is 14.4 Å². The summed E-state index contributed by atoms with van der Waals surface area (Å²) in [6, 6.07) is -0.524. The SMILES string of the molecule is CC(=O)CN1CCC(=O)NC(C)C1=O. The number of hydrogen-bond donors (Lipinski definition) is 1. The molecule has 0 saturated carbocycles. The summed E-state index contributed by atoms with van der Waals surface area (Å²) in [6.07, 6.45) is 0.267. The number of carbonyl (C=O) groups excluding carboxylic acids is 3. The van der Waals surface area contributed by atoms with Crippen LogP contribution in [0.5, 0.6) is 0 Å². The maximum atomic E-state index is 11.6. The van der Waals surface area contributed by atoms with E-state index in [2.05, 4.69) is 5.32 Å². The monoisotopic (exact) mass is 198 g/mol. The Labute approximate surface area is 82.4 Å². The lowest BCUT2D eigenvalue weighted by Gasteiger charge is -2.20. The minimum atomic E-state index is -0.524. The molecule has 1 rings (SSSR count). The number of rotatable bonds is 2. The van der Waals surface area contributed by atoms with Crippen LogP contribution in [0, 0.1) is 0 Å². The quantitative estimate of drug-likeness (QED) is 0.638. The summed E-state index contributed by atoms with van der Waals surface area (Å²) in [5, 5.41) is 2.55. The predicted molar refractivity (Wildman–Crippen MR) is 49.5 cm³/mol. The van der Waals surface area contributed by atoms with Gasteiger partial charge in [0.15, 0.2) is 0 Å². The highest BCUT2D eigenvalue weighted by Crippen LogP contribution is 2.02. The molecule has 1 N–H and O–H groups in total. The molecular formula is C9H14N2O3. The molecule has 1 atom stereocenters. The summed E-state index contributed by atoms with van der Waals surface area (Å²) in [5.41, 5.74) is 0. The first-order chi connectivity index (χ1) is 6.50.